The Balaban J connectivity index is 1.49. The predicted molar refractivity (Wildman–Crippen MR) is 151 cm³/mol. The van der Waals surface area contributed by atoms with E-state index in [1.807, 2.05) is 33.7 Å². The van der Waals surface area contributed by atoms with Crippen LogP contribution in [0.2, 0.25) is 0 Å². The molecule has 6 aliphatic heterocycles. The van der Waals surface area contributed by atoms with E-state index in [-0.39, 0.29) is 18.4 Å². The maximum absolute atomic E-state index is 13.5. The number of hydrogen-bond donors (Lipinski definition) is 3. The number of carboxylic acids is 1. The summed E-state index contributed by atoms with van der Waals surface area (Å²) in [4.78, 5) is 12.0. The van der Waals surface area contributed by atoms with Crippen LogP contribution in [0.4, 0.5) is 11.4 Å². The first-order valence-corrected chi connectivity index (χ1v) is 14.7. The molecule has 10 nitrogen and oxygen atoms in total. The van der Waals surface area contributed by atoms with Crippen molar-refractivity contribution in [3.63, 3.8) is 0 Å². The summed E-state index contributed by atoms with van der Waals surface area (Å²) in [6.45, 7) is 6.49. The van der Waals surface area contributed by atoms with Crippen molar-refractivity contribution in [2.75, 3.05) is 56.7 Å². The van der Waals surface area contributed by atoms with Gasteiger partial charge in [0.2, 0.25) is 0 Å². The number of anilines is 2. The summed E-state index contributed by atoms with van der Waals surface area (Å²) in [5, 5.41) is 11.4. The SMILES string of the molecule is Cc1c2ccc(c1N)N(N)CCOCCOC1CCN(CC1)S(=O)N1CCc3ccc(cc3C1)C2CC(=O)O. The van der Waals surface area contributed by atoms with Gasteiger partial charge in [-0.25, -0.2) is 18.7 Å². The first-order chi connectivity index (χ1) is 18.8. The molecule has 7 bridgehead atoms. The van der Waals surface area contributed by atoms with Gasteiger partial charge in [0, 0.05) is 32.1 Å². The molecule has 2 aromatic carbocycles. The number of rotatable bonds is 2. The summed E-state index contributed by atoms with van der Waals surface area (Å²) in [5.41, 5.74) is 12.7. The predicted octanol–water partition coefficient (Wildman–Crippen LogP) is 2.31. The van der Waals surface area contributed by atoms with Crippen LogP contribution in [0.3, 0.4) is 0 Å². The molecule has 6 heterocycles. The molecule has 0 amide bonds. The molecule has 0 aliphatic carbocycles. The maximum Gasteiger partial charge on any atom is 0.304 e. The van der Waals surface area contributed by atoms with Gasteiger partial charge in [-0.3, -0.25) is 4.79 Å². The van der Waals surface area contributed by atoms with Gasteiger partial charge in [0.1, 0.15) is 0 Å². The molecule has 0 aromatic heterocycles. The van der Waals surface area contributed by atoms with Gasteiger partial charge < -0.3 is 25.3 Å². The second kappa shape index (κ2) is 12.3. The minimum Gasteiger partial charge on any atom is -0.481 e. The van der Waals surface area contributed by atoms with E-state index in [9.17, 15) is 14.1 Å². The van der Waals surface area contributed by atoms with Gasteiger partial charge >= 0.3 is 5.97 Å². The normalized spacial score (nSPS) is 28.2. The summed E-state index contributed by atoms with van der Waals surface area (Å²) in [5.74, 6) is 5.07. The molecule has 0 radical (unpaired) electrons. The lowest BCUT2D eigenvalue weighted by Gasteiger charge is -2.36. The number of benzene rings is 2. The number of hydrogen-bond acceptors (Lipinski definition) is 7. The number of nitrogens with zero attached hydrogens (tertiary/aromatic N) is 3. The third-order valence-corrected chi connectivity index (χ3v) is 9.67. The quantitative estimate of drug-likeness (QED) is 0.378. The van der Waals surface area contributed by atoms with Crippen LogP contribution in [-0.2, 0) is 38.4 Å². The van der Waals surface area contributed by atoms with Crippen molar-refractivity contribution in [3.05, 3.63) is 58.1 Å². The summed E-state index contributed by atoms with van der Waals surface area (Å²) in [6, 6.07) is 10.00. The molecule has 1 saturated heterocycles. The molecular formula is C28H39N5O5S. The van der Waals surface area contributed by atoms with E-state index in [0.717, 1.165) is 61.2 Å². The highest BCUT2D eigenvalue weighted by Gasteiger charge is 2.30. The topological polar surface area (TPSA) is 135 Å². The Morgan fingerprint density at radius 2 is 1.85 bits per heavy atom. The minimum atomic E-state index is -1.23. The van der Waals surface area contributed by atoms with E-state index >= 15 is 0 Å². The van der Waals surface area contributed by atoms with E-state index in [4.69, 9.17) is 21.1 Å². The lowest BCUT2D eigenvalue weighted by atomic mass is 9.83. The van der Waals surface area contributed by atoms with Crippen LogP contribution in [0.25, 0.3) is 0 Å². The highest BCUT2D eigenvalue weighted by atomic mass is 32.2. The molecule has 5 N–H and O–H groups in total. The molecule has 8 rings (SSSR count). The van der Waals surface area contributed by atoms with E-state index in [2.05, 4.69) is 12.1 Å². The number of piperidine rings is 1. The Morgan fingerprint density at radius 1 is 1.05 bits per heavy atom. The Bertz CT molecular complexity index is 1220. The molecular weight excluding hydrogens is 518 g/mol. The van der Waals surface area contributed by atoms with Crippen molar-refractivity contribution < 1.29 is 23.6 Å². The number of carbonyl (C=O) groups is 1. The fourth-order valence-corrected chi connectivity index (χ4v) is 7.17. The maximum atomic E-state index is 13.5. The van der Waals surface area contributed by atoms with Crippen LogP contribution in [0, 0.1) is 6.92 Å². The summed E-state index contributed by atoms with van der Waals surface area (Å²) in [6.07, 6.45) is 2.55. The fourth-order valence-electron chi connectivity index (χ4n) is 5.82. The molecule has 6 aliphatic rings. The average Bonchev–Trinajstić information content (AvgIpc) is 2.94. The highest BCUT2D eigenvalue weighted by molar-refractivity contribution is 7.80. The van der Waals surface area contributed by atoms with Gasteiger partial charge in [-0.15, -0.1) is 0 Å². The van der Waals surface area contributed by atoms with Gasteiger partial charge in [-0.05, 0) is 60.1 Å². The number of carboxylic acid groups (broad SMARTS) is 1. The van der Waals surface area contributed by atoms with E-state index in [1.165, 1.54) is 5.56 Å². The van der Waals surface area contributed by atoms with Crippen LogP contribution >= 0.6 is 0 Å². The summed E-state index contributed by atoms with van der Waals surface area (Å²) in [7, 11) is 0. The lowest BCUT2D eigenvalue weighted by Crippen LogP contribution is -2.46. The molecule has 2 aromatic rings. The molecule has 212 valence electrons. The Morgan fingerprint density at radius 3 is 2.62 bits per heavy atom. The summed E-state index contributed by atoms with van der Waals surface area (Å²) < 4.78 is 29.3. The molecule has 39 heavy (non-hydrogen) atoms. The third-order valence-electron chi connectivity index (χ3n) is 8.11. The van der Waals surface area contributed by atoms with Crippen molar-refractivity contribution in [3.8, 4) is 0 Å². The highest BCUT2D eigenvalue weighted by Crippen LogP contribution is 2.37. The molecule has 0 spiro atoms. The zero-order chi connectivity index (χ0) is 27.5. The molecule has 0 saturated carbocycles. The van der Waals surface area contributed by atoms with E-state index in [1.54, 1.807) is 5.01 Å². The molecule has 11 heteroatoms. The lowest BCUT2D eigenvalue weighted by molar-refractivity contribution is -0.137. The van der Waals surface area contributed by atoms with Gasteiger partial charge in [-0.2, -0.15) is 0 Å². The van der Waals surface area contributed by atoms with Crippen LogP contribution in [0.1, 0.15) is 53.0 Å². The standard InChI is InChI=1S/C28H39N5O5S/c1-19-24-4-5-26(28(19)29)33(30)12-13-37-14-15-38-23-7-10-31(11-8-23)39(36)32-9-6-20-2-3-21(16-22(20)18-32)25(24)17-27(34)35/h2-5,16,23,25H,6-15,17-18,29-30H2,1H3,(H,34,35). The Labute approximate surface area is 232 Å². The number of hydrazine groups is 1. The van der Waals surface area contributed by atoms with Gasteiger partial charge in [0.25, 0.3) is 0 Å². The summed E-state index contributed by atoms with van der Waals surface area (Å²) >= 11 is -1.23. The first-order valence-electron chi connectivity index (χ1n) is 13.7. The molecule has 3 atom stereocenters. The van der Waals surface area contributed by atoms with Crippen LogP contribution in [0.5, 0.6) is 0 Å². The number of nitrogen functional groups attached to an aromatic ring is 1. The minimum absolute atomic E-state index is 0.0642. The van der Waals surface area contributed by atoms with Crippen molar-refractivity contribution in [2.45, 2.75) is 51.2 Å². The van der Waals surface area contributed by atoms with Gasteiger partial charge in [-0.1, -0.05) is 24.3 Å². The smallest absolute Gasteiger partial charge is 0.304 e. The second-order valence-corrected chi connectivity index (χ2v) is 12.0. The van der Waals surface area contributed by atoms with Gasteiger partial charge in [0.15, 0.2) is 11.2 Å². The Kier molecular flexibility index (Phi) is 8.85. The van der Waals surface area contributed by atoms with Crippen LogP contribution < -0.4 is 16.6 Å². The monoisotopic (exact) mass is 557 g/mol. The first kappa shape index (κ1) is 28.0. The van der Waals surface area contributed by atoms with Crippen molar-refractivity contribution >= 4 is 28.5 Å². The molecule has 1 fully saturated rings. The average molecular weight is 558 g/mol. The number of aliphatic carboxylic acids is 1. The number of ether oxygens (including phenoxy) is 2. The van der Waals surface area contributed by atoms with E-state index in [0.29, 0.717) is 44.3 Å². The number of nitrogens with two attached hydrogens (primary N) is 2. The van der Waals surface area contributed by atoms with Crippen molar-refractivity contribution in [1.29, 1.82) is 0 Å². The zero-order valence-corrected chi connectivity index (χ0v) is 23.3. The van der Waals surface area contributed by atoms with Crippen molar-refractivity contribution in [2.24, 2.45) is 5.84 Å². The van der Waals surface area contributed by atoms with Crippen molar-refractivity contribution in [1.82, 2.24) is 8.61 Å². The second-order valence-electron chi connectivity index (χ2n) is 10.5. The van der Waals surface area contributed by atoms with Crippen LogP contribution in [-0.4, -0.2) is 76.0 Å². The van der Waals surface area contributed by atoms with Crippen LogP contribution in [0.15, 0.2) is 30.3 Å². The van der Waals surface area contributed by atoms with E-state index < -0.39 is 17.1 Å². The zero-order valence-electron chi connectivity index (χ0n) is 22.5. The fraction of sp³-hybridized carbons (Fsp3) is 0.536. The molecule has 3 unspecified atom stereocenters. The third kappa shape index (κ3) is 6.29. The van der Waals surface area contributed by atoms with Gasteiger partial charge in [0.05, 0.1) is 50.3 Å². The Hall–Kier alpha value is -2.54. The largest absolute Gasteiger partial charge is 0.481 e.